The fraction of sp³-hybridized carbons (Fsp3) is 1.00. The van der Waals surface area contributed by atoms with Crippen LogP contribution in [0, 0.1) is 5.92 Å². The maximum atomic E-state index is 9.47. The average molecular weight is 143 g/mol. The Morgan fingerprint density at radius 1 is 1.40 bits per heavy atom. The van der Waals surface area contributed by atoms with Crippen molar-refractivity contribution in [1.82, 2.24) is 0 Å². The van der Waals surface area contributed by atoms with E-state index in [-0.39, 0.29) is 6.10 Å². The molecule has 0 aromatic heterocycles. The number of hydrogen-bond acceptors (Lipinski definition) is 2. The van der Waals surface area contributed by atoms with E-state index in [0.29, 0.717) is 12.5 Å². The van der Waals surface area contributed by atoms with Gasteiger partial charge in [0.15, 0.2) is 0 Å². The predicted molar refractivity (Wildman–Crippen MR) is 41.6 cm³/mol. The largest absolute Gasteiger partial charge is 0.393 e. The van der Waals surface area contributed by atoms with Crippen LogP contribution in [0.4, 0.5) is 0 Å². The van der Waals surface area contributed by atoms with Gasteiger partial charge in [0.2, 0.25) is 0 Å². The van der Waals surface area contributed by atoms with Crippen LogP contribution in [0.2, 0.25) is 0 Å². The predicted octanol–water partition coefficient (Wildman–Crippen LogP) is 0.886. The minimum Gasteiger partial charge on any atom is -0.393 e. The van der Waals surface area contributed by atoms with Crippen molar-refractivity contribution >= 4 is 0 Å². The number of aliphatic hydroxyl groups is 1. The molecule has 1 fully saturated rings. The molecule has 0 spiro atoms. The Morgan fingerprint density at radius 2 is 2.00 bits per heavy atom. The van der Waals surface area contributed by atoms with Crippen LogP contribution >= 0.6 is 0 Å². The van der Waals surface area contributed by atoms with Crippen LogP contribution in [0.1, 0.15) is 32.1 Å². The fourth-order valence-electron chi connectivity index (χ4n) is 1.75. The summed E-state index contributed by atoms with van der Waals surface area (Å²) in [4.78, 5) is 0. The maximum absolute atomic E-state index is 9.47. The lowest BCUT2D eigenvalue weighted by Gasteiger charge is -2.15. The normalized spacial score (nSPS) is 23.4. The molecule has 10 heavy (non-hydrogen) atoms. The van der Waals surface area contributed by atoms with Crippen LogP contribution in [-0.4, -0.2) is 17.8 Å². The summed E-state index contributed by atoms with van der Waals surface area (Å²) in [6.07, 6.45) is 5.68. The third-order valence-electron chi connectivity index (χ3n) is 2.41. The molecule has 0 aromatic carbocycles. The quantitative estimate of drug-likeness (QED) is 0.616. The first kappa shape index (κ1) is 8.02. The number of aliphatic hydroxyl groups excluding tert-OH is 1. The minimum absolute atomic E-state index is 0.118. The van der Waals surface area contributed by atoms with E-state index < -0.39 is 0 Å². The van der Waals surface area contributed by atoms with Gasteiger partial charge in [0.05, 0.1) is 6.10 Å². The summed E-state index contributed by atoms with van der Waals surface area (Å²) in [7, 11) is 0. The van der Waals surface area contributed by atoms with Gasteiger partial charge < -0.3 is 10.8 Å². The van der Waals surface area contributed by atoms with Crippen LogP contribution in [0.3, 0.4) is 0 Å². The highest BCUT2D eigenvalue weighted by Gasteiger charge is 2.21. The van der Waals surface area contributed by atoms with Crippen LogP contribution in [0.5, 0.6) is 0 Å². The highest BCUT2D eigenvalue weighted by Crippen LogP contribution is 2.28. The van der Waals surface area contributed by atoms with Gasteiger partial charge in [0.1, 0.15) is 0 Å². The molecular weight excluding hydrogens is 126 g/mol. The molecule has 0 saturated heterocycles. The third kappa shape index (κ3) is 1.96. The summed E-state index contributed by atoms with van der Waals surface area (Å²) in [6, 6.07) is 0. The van der Waals surface area contributed by atoms with Crippen molar-refractivity contribution in [3.8, 4) is 0 Å². The Hall–Kier alpha value is -0.0800. The van der Waals surface area contributed by atoms with Gasteiger partial charge in [0.25, 0.3) is 0 Å². The second-order valence-corrected chi connectivity index (χ2v) is 3.19. The lowest BCUT2D eigenvalue weighted by atomic mass is 9.98. The van der Waals surface area contributed by atoms with Crippen LogP contribution in [0.25, 0.3) is 0 Å². The Kier molecular flexibility index (Phi) is 3.16. The SMILES string of the molecule is NCC[C@@H](O)C1CCCC1. The average Bonchev–Trinajstić information content (AvgIpc) is 2.38. The minimum atomic E-state index is -0.118. The van der Waals surface area contributed by atoms with E-state index in [1.807, 2.05) is 0 Å². The van der Waals surface area contributed by atoms with Crippen molar-refractivity contribution in [2.75, 3.05) is 6.54 Å². The highest BCUT2D eigenvalue weighted by molar-refractivity contribution is 4.74. The molecule has 1 aliphatic carbocycles. The van der Waals surface area contributed by atoms with Gasteiger partial charge in [0, 0.05) is 0 Å². The molecule has 1 saturated carbocycles. The molecule has 0 aromatic rings. The summed E-state index contributed by atoms with van der Waals surface area (Å²) >= 11 is 0. The van der Waals surface area contributed by atoms with Gasteiger partial charge in [-0.05, 0) is 31.7 Å². The van der Waals surface area contributed by atoms with E-state index in [1.54, 1.807) is 0 Å². The van der Waals surface area contributed by atoms with Crippen molar-refractivity contribution in [2.24, 2.45) is 11.7 Å². The smallest absolute Gasteiger partial charge is 0.0580 e. The van der Waals surface area contributed by atoms with E-state index in [2.05, 4.69) is 0 Å². The molecule has 2 nitrogen and oxygen atoms in total. The fourth-order valence-corrected chi connectivity index (χ4v) is 1.75. The second-order valence-electron chi connectivity index (χ2n) is 3.19. The first-order valence-electron chi connectivity index (χ1n) is 4.22. The zero-order valence-corrected chi connectivity index (χ0v) is 6.42. The van der Waals surface area contributed by atoms with E-state index in [9.17, 15) is 5.11 Å². The molecule has 3 N–H and O–H groups in total. The van der Waals surface area contributed by atoms with E-state index in [1.165, 1.54) is 25.7 Å². The van der Waals surface area contributed by atoms with Gasteiger partial charge in [-0.1, -0.05) is 12.8 Å². The Labute approximate surface area is 62.4 Å². The Balaban J connectivity index is 2.18. The highest BCUT2D eigenvalue weighted by atomic mass is 16.3. The van der Waals surface area contributed by atoms with Crippen molar-refractivity contribution in [3.63, 3.8) is 0 Å². The van der Waals surface area contributed by atoms with Crippen LogP contribution < -0.4 is 5.73 Å². The van der Waals surface area contributed by atoms with Gasteiger partial charge in [-0.2, -0.15) is 0 Å². The second kappa shape index (κ2) is 3.94. The first-order chi connectivity index (χ1) is 4.84. The van der Waals surface area contributed by atoms with Gasteiger partial charge in [-0.15, -0.1) is 0 Å². The summed E-state index contributed by atoms with van der Waals surface area (Å²) in [5, 5.41) is 9.47. The van der Waals surface area contributed by atoms with Gasteiger partial charge in [-0.3, -0.25) is 0 Å². The standard InChI is InChI=1S/C8H17NO/c9-6-5-8(10)7-3-1-2-4-7/h7-8,10H,1-6,9H2/t8-/m1/s1. The Bertz CT molecular complexity index is 89.3. The maximum Gasteiger partial charge on any atom is 0.0580 e. The molecule has 1 aliphatic rings. The molecule has 0 aliphatic heterocycles. The number of rotatable bonds is 3. The van der Waals surface area contributed by atoms with Crippen LogP contribution in [0.15, 0.2) is 0 Å². The van der Waals surface area contributed by atoms with Crippen molar-refractivity contribution in [3.05, 3.63) is 0 Å². The molecular formula is C8H17NO. The Morgan fingerprint density at radius 3 is 2.50 bits per heavy atom. The van der Waals surface area contributed by atoms with E-state index in [0.717, 1.165) is 6.42 Å². The molecule has 0 bridgehead atoms. The molecule has 0 unspecified atom stereocenters. The molecule has 1 atom stereocenters. The molecule has 0 amide bonds. The van der Waals surface area contributed by atoms with E-state index >= 15 is 0 Å². The number of hydrogen-bond donors (Lipinski definition) is 2. The summed E-state index contributed by atoms with van der Waals surface area (Å²) in [6.45, 7) is 0.623. The van der Waals surface area contributed by atoms with Crippen molar-refractivity contribution in [1.29, 1.82) is 0 Å². The van der Waals surface area contributed by atoms with Gasteiger partial charge in [-0.25, -0.2) is 0 Å². The third-order valence-corrected chi connectivity index (χ3v) is 2.41. The number of nitrogens with two attached hydrogens (primary N) is 1. The monoisotopic (exact) mass is 143 g/mol. The van der Waals surface area contributed by atoms with E-state index in [4.69, 9.17) is 5.73 Å². The molecule has 1 rings (SSSR count). The lowest BCUT2D eigenvalue weighted by molar-refractivity contribution is 0.104. The summed E-state index contributed by atoms with van der Waals surface area (Å²) in [5.41, 5.74) is 5.34. The lowest BCUT2D eigenvalue weighted by Crippen LogP contribution is -2.21. The molecule has 60 valence electrons. The van der Waals surface area contributed by atoms with Crippen molar-refractivity contribution in [2.45, 2.75) is 38.2 Å². The van der Waals surface area contributed by atoms with Crippen LogP contribution in [-0.2, 0) is 0 Å². The van der Waals surface area contributed by atoms with Crippen molar-refractivity contribution < 1.29 is 5.11 Å². The zero-order chi connectivity index (χ0) is 7.40. The topological polar surface area (TPSA) is 46.2 Å². The molecule has 0 radical (unpaired) electrons. The molecule has 2 heteroatoms. The first-order valence-corrected chi connectivity index (χ1v) is 4.22. The summed E-state index contributed by atoms with van der Waals surface area (Å²) < 4.78 is 0. The zero-order valence-electron chi connectivity index (χ0n) is 6.42. The summed E-state index contributed by atoms with van der Waals surface area (Å²) in [5.74, 6) is 0.559. The molecule has 0 heterocycles. The van der Waals surface area contributed by atoms with Gasteiger partial charge >= 0.3 is 0 Å².